The molecule has 0 saturated carbocycles. The third kappa shape index (κ3) is 2.65. The lowest BCUT2D eigenvalue weighted by Gasteiger charge is -2.14. The Hall–Kier alpha value is -1.94. The fourth-order valence-corrected chi connectivity index (χ4v) is 1.62. The van der Waals surface area contributed by atoms with Crippen LogP contribution in [0.25, 0.3) is 0 Å². The van der Waals surface area contributed by atoms with Crippen molar-refractivity contribution in [1.82, 2.24) is 4.98 Å². The Balaban J connectivity index is 2.40. The van der Waals surface area contributed by atoms with E-state index in [1.54, 1.807) is 44.4 Å². The molecule has 0 radical (unpaired) electrons. The summed E-state index contributed by atoms with van der Waals surface area (Å²) >= 11 is 0. The second-order valence-corrected chi connectivity index (χ2v) is 4.11. The highest BCUT2D eigenvalue weighted by atomic mass is 19.1. The average Bonchev–Trinajstić information content (AvgIpc) is 2.34. The van der Waals surface area contributed by atoms with E-state index >= 15 is 0 Å². The van der Waals surface area contributed by atoms with E-state index in [1.807, 2.05) is 0 Å². The van der Waals surface area contributed by atoms with Gasteiger partial charge in [-0.2, -0.15) is 0 Å². The van der Waals surface area contributed by atoms with Crippen molar-refractivity contribution in [3.8, 4) is 11.5 Å². The van der Waals surface area contributed by atoms with E-state index in [4.69, 9.17) is 4.74 Å². The molecule has 0 fully saturated rings. The molecule has 1 heterocycles. The SMILES string of the molecule is Cc1cc(Oc2cccnc2)c([C@H](C)O)cc1F. The van der Waals surface area contributed by atoms with Crippen molar-refractivity contribution in [1.29, 1.82) is 0 Å². The maximum Gasteiger partial charge on any atom is 0.145 e. The molecule has 18 heavy (non-hydrogen) atoms. The average molecular weight is 247 g/mol. The van der Waals surface area contributed by atoms with Gasteiger partial charge < -0.3 is 9.84 Å². The van der Waals surface area contributed by atoms with Gasteiger partial charge in [0.2, 0.25) is 0 Å². The second-order valence-electron chi connectivity index (χ2n) is 4.11. The summed E-state index contributed by atoms with van der Waals surface area (Å²) in [5.41, 5.74) is 0.889. The Labute approximate surface area is 105 Å². The lowest BCUT2D eigenvalue weighted by molar-refractivity contribution is 0.195. The molecule has 2 aromatic rings. The zero-order valence-electron chi connectivity index (χ0n) is 10.2. The number of nitrogens with zero attached hydrogens (tertiary/aromatic N) is 1. The van der Waals surface area contributed by atoms with E-state index in [0.29, 0.717) is 22.6 Å². The fourth-order valence-electron chi connectivity index (χ4n) is 1.62. The van der Waals surface area contributed by atoms with Crippen LogP contribution in [0.3, 0.4) is 0 Å². The predicted octanol–water partition coefficient (Wildman–Crippen LogP) is 3.37. The topological polar surface area (TPSA) is 42.4 Å². The number of benzene rings is 1. The molecule has 1 N–H and O–H groups in total. The van der Waals surface area contributed by atoms with Crippen LogP contribution in [0.15, 0.2) is 36.7 Å². The molecule has 0 unspecified atom stereocenters. The van der Waals surface area contributed by atoms with Crippen LogP contribution >= 0.6 is 0 Å². The summed E-state index contributed by atoms with van der Waals surface area (Å²) < 4.78 is 19.1. The van der Waals surface area contributed by atoms with Crippen molar-refractivity contribution < 1.29 is 14.2 Å². The van der Waals surface area contributed by atoms with Gasteiger partial charge in [0, 0.05) is 11.8 Å². The Bertz CT molecular complexity index is 541. The predicted molar refractivity (Wildman–Crippen MR) is 66.1 cm³/mol. The van der Waals surface area contributed by atoms with Gasteiger partial charge in [0.05, 0.1) is 12.3 Å². The molecule has 0 aliphatic carbocycles. The first-order valence-corrected chi connectivity index (χ1v) is 5.64. The Kier molecular flexibility index (Phi) is 3.58. The molecule has 0 aliphatic rings. The second kappa shape index (κ2) is 5.14. The number of ether oxygens (including phenoxy) is 1. The molecule has 4 heteroatoms. The van der Waals surface area contributed by atoms with Gasteiger partial charge in [-0.05, 0) is 43.7 Å². The number of hydrogen-bond donors (Lipinski definition) is 1. The molecule has 1 atom stereocenters. The molecule has 0 aliphatic heterocycles. The maximum atomic E-state index is 13.5. The van der Waals surface area contributed by atoms with E-state index in [9.17, 15) is 9.50 Å². The van der Waals surface area contributed by atoms with E-state index in [-0.39, 0.29) is 5.82 Å². The molecule has 1 aromatic carbocycles. The lowest BCUT2D eigenvalue weighted by atomic mass is 10.1. The zero-order valence-corrected chi connectivity index (χ0v) is 10.2. The van der Waals surface area contributed by atoms with Crippen molar-refractivity contribution in [2.24, 2.45) is 0 Å². The van der Waals surface area contributed by atoms with Gasteiger partial charge in [-0.25, -0.2) is 4.39 Å². The molecule has 3 nitrogen and oxygen atoms in total. The summed E-state index contributed by atoms with van der Waals surface area (Å²) in [6.45, 7) is 3.22. The standard InChI is InChI=1S/C14H14FNO2/c1-9-6-14(12(10(2)17)7-13(9)15)18-11-4-3-5-16-8-11/h3-8,10,17H,1-2H3/t10-/m0/s1. The lowest BCUT2D eigenvalue weighted by Crippen LogP contribution is -1.99. The third-order valence-corrected chi connectivity index (χ3v) is 2.60. The first-order chi connectivity index (χ1) is 8.58. The molecule has 2 rings (SSSR count). The van der Waals surface area contributed by atoms with E-state index < -0.39 is 6.10 Å². The van der Waals surface area contributed by atoms with Gasteiger partial charge in [0.1, 0.15) is 17.3 Å². The van der Waals surface area contributed by atoms with E-state index in [2.05, 4.69) is 4.98 Å². The largest absolute Gasteiger partial charge is 0.455 e. The van der Waals surface area contributed by atoms with Crippen LogP contribution < -0.4 is 4.74 Å². The van der Waals surface area contributed by atoms with Crippen molar-refractivity contribution in [3.63, 3.8) is 0 Å². The quantitative estimate of drug-likeness (QED) is 0.904. The summed E-state index contributed by atoms with van der Waals surface area (Å²) in [4.78, 5) is 3.93. The monoisotopic (exact) mass is 247 g/mol. The van der Waals surface area contributed by atoms with Crippen LogP contribution in [0.1, 0.15) is 24.2 Å². The van der Waals surface area contributed by atoms with E-state index in [1.165, 1.54) is 6.07 Å². The van der Waals surface area contributed by atoms with Gasteiger partial charge in [-0.1, -0.05) is 0 Å². The fraction of sp³-hybridized carbons (Fsp3) is 0.214. The number of aliphatic hydroxyl groups excluding tert-OH is 1. The van der Waals surface area contributed by atoms with Crippen LogP contribution in [0.4, 0.5) is 4.39 Å². The van der Waals surface area contributed by atoms with E-state index in [0.717, 1.165) is 0 Å². The zero-order chi connectivity index (χ0) is 13.1. The Morgan fingerprint density at radius 2 is 2.17 bits per heavy atom. The molecule has 0 amide bonds. The third-order valence-electron chi connectivity index (χ3n) is 2.60. The van der Waals surface area contributed by atoms with Gasteiger partial charge >= 0.3 is 0 Å². The summed E-state index contributed by atoms with van der Waals surface area (Å²) in [5, 5.41) is 9.64. The number of pyridine rings is 1. The number of rotatable bonds is 3. The number of aliphatic hydroxyl groups is 1. The number of aryl methyl sites for hydroxylation is 1. The van der Waals surface area contributed by atoms with Crippen LogP contribution in [0.2, 0.25) is 0 Å². The minimum Gasteiger partial charge on any atom is -0.455 e. The molecule has 0 bridgehead atoms. The van der Waals surface area contributed by atoms with Crippen LogP contribution in [-0.4, -0.2) is 10.1 Å². The molecular formula is C14H14FNO2. The van der Waals surface area contributed by atoms with Crippen molar-refractivity contribution >= 4 is 0 Å². The van der Waals surface area contributed by atoms with Gasteiger partial charge in [-0.3, -0.25) is 4.98 Å². The minimum atomic E-state index is -0.799. The highest BCUT2D eigenvalue weighted by Gasteiger charge is 2.13. The van der Waals surface area contributed by atoms with Crippen molar-refractivity contribution in [2.75, 3.05) is 0 Å². The maximum absolute atomic E-state index is 13.5. The Morgan fingerprint density at radius 3 is 2.78 bits per heavy atom. The summed E-state index contributed by atoms with van der Waals surface area (Å²) in [6, 6.07) is 6.36. The molecule has 94 valence electrons. The summed E-state index contributed by atoms with van der Waals surface area (Å²) in [6.07, 6.45) is 2.40. The molecule has 0 spiro atoms. The summed E-state index contributed by atoms with van der Waals surface area (Å²) in [5.74, 6) is 0.631. The Morgan fingerprint density at radius 1 is 1.39 bits per heavy atom. The van der Waals surface area contributed by atoms with Crippen LogP contribution in [-0.2, 0) is 0 Å². The molecule has 0 saturated heterocycles. The summed E-state index contributed by atoms with van der Waals surface area (Å²) in [7, 11) is 0. The van der Waals surface area contributed by atoms with Crippen LogP contribution in [0.5, 0.6) is 11.5 Å². The van der Waals surface area contributed by atoms with Gasteiger partial charge in [0.25, 0.3) is 0 Å². The normalized spacial score (nSPS) is 12.2. The molecule has 1 aromatic heterocycles. The van der Waals surface area contributed by atoms with Gasteiger partial charge in [-0.15, -0.1) is 0 Å². The number of aromatic nitrogens is 1. The number of halogens is 1. The minimum absolute atomic E-state index is 0.357. The smallest absolute Gasteiger partial charge is 0.145 e. The highest BCUT2D eigenvalue weighted by molar-refractivity contribution is 5.41. The van der Waals surface area contributed by atoms with Crippen LogP contribution in [0, 0.1) is 12.7 Å². The van der Waals surface area contributed by atoms with Crippen molar-refractivity contribution in [2.45, 2.75) is 20.0 Å². The highest BCUT2D eigenvalue weighted by Crippen LogP contribution is 2.31. The van der Waals surface area contributed by atoms with Crippen molar-refractivity contribution in [3.05, 3.63) is 53.6 Å². The molecular weight excluding hydrogens is 233 g/mol. The number of hydrogen-bond acceptors (Lipinski definition) is 3. The first kappa shape index (κ1) is 12.5. The van der Waals surface area contributed by atoms with Gasteiger partial charge in [0.15, 0.2) is 0 Å². The first-order valence-electron chi connectivity index (χ1n) is 5.64.